The number of likely N-dealkylation sites (tertiary alicyclic amines) is 1. The van der Waals surface area contributed by atoms with Gasteiger partial charge in [-0.1, -0.05) is 13.0 Å². The van der Waals surface area contributed by atoms with Crippen molar-refractivity contribution in [3.05, 3.63) is 30.1 Å². The highest BCUT2D eigenvalue weighted by atomic mass is 127. The number of hydrogen-bond donors (Lipinski definition) is 2. The molecule has 0 bridgehead atoms. The summed E-state index contributed by atoms with van der Waals surface area (Å²) >= 11 is 0. The zero-order valence-corrected chi connectivity index (χ0v) is 14.3. The maximum absolute atomic E-state index is 5.89. The van der Waals surface area contributed by atoms with Gasteiger partial charge in [-0.15, -0.1) is 24.0 Å². The number of nitrogens with one attached hydrogen (secondary N) is 1. The molecule has 112 valence electrons. The Morgan fingerprint density at radius 3 is 3.15 bits per heavy atom. The van der Waals surface area contributed by atoms with E-state index in [1.54, 1.807) is 6.20 Å². The summed E-state index contributed by atoms with van der Waals surface area (Å²) in [6, 6.07) is 4.50. The van der Waals surface area contributed by atoms with Crippen LogP contribution in [0.2, 0.25) is 0 Å². The number of rotatable bonds is 5. The van der Waals surface area contributed by atoms with Crippen LogP contribution in [-0.4, -0.2) is 41.5 Å². The van der Waals surface area contributed by atoms with E-state index in [-0.39, 0.29) is 24.0 Å². The largest absolute Gasteiger partial charge is 0.370 e. The van der Waals surface area contributed by atoms with Crippen LogP contribution in [0.15, 0.2) is 29.5 Å². The SMILES string of the molecule is CCN1CCCC1CNC(N)=NCc1cccnc1.I. The van der Waals surface area contributed by atoms with Gasteiger partial charge in [0, 0.05) is 25.0 Å². The molecule has 2 heterocycles. The van der Waals surface area contributed by atoms with Gasteiger partial charge in [-0.25, -0.2) is 4.99 Å². The summed E-state index contributed by atoms with van der Waals surface area (Å²) < 4.78 is 0. The lowest BCUT2D eigenvalue weighted by molar-refractivity contribution is 0.267. The Kier molecular flexibility index (Phi) is 7.83. The van der Waals surface area contributed by atoms with Gasteiger partial charge in [-0.3, -0.25) is 9.88 Å². The molecule has 6 heteroatoms. The van der Waals surface area contributed by atoms with E-state index in [9.17, 15) is 0 Å². The van der Waals surface area contributed by atoms with E-state index in [0.717, 1.165) is 18.7 Å². The van der Waals surface area contributed by atoms with Crippen LogP contribution in [0.4, 0.5) is 0 Å². The van der Waals surface area contributed by atoms with Crippen LogP contribution in [0.25, 0.3) is 0 Å². The van der Waals surface area contributed by atoms with Crippen LogP contribution in [0.1, 0.15) is 25.3 Å². The van der Waals surface area contributed by atoms with Crippen molar-refractivity contribution in [1.82, 2.24) is 15.2 Å². The second-order valence-electron chi connectivity index (χ2n) is 4.87. The first kappa shape index (κ1) is 17.2. The van der Waals surface area contributed by atoms with E-state index < -0.39 is 0 Å². The minimum absolute atomic E-state index is 0. The fraction of sp³-hybridized carbons (Fsp3) is 0.571. The number of likely N-dealkylation sites (N-methyl/N-ethyl adjacent to an activating group) is 1. The van der Waals surface area contributed by atoms with Crippen molar-refractivity contribution in [1.29, 1.82) is 0 Å². The van der Waals surface area contributed by atoms with E-state index in [1.807, 2.05) is 18.3 Å². The number of aliphatic imine (C=N–C) groups is 1. The molecule has 1 unspecified atom stereocenters. The number of hydrogen-bond acceptors (Lipinski definition) is 3. The van der Waals surface area contributed by atoms with Crippen LogP contribution in [0.3, 0.4) is 0 Å². The Hall–Kier alpha value is -0.890. The molecule has 1 aliphatic rings. The third kappa shape index (κ3) is 5.24. The molecule has 1 saturated heterocycles. The van der Waals surface area contributed by atoms with Gasteiger partial charge in [0.1, 0.15) is 0 Å². The summed E-state index contributed by atoms with van der Waals surface area (Å²) in [7, 11) is 0. The van der Waals surface area contributed by atoms with Crippen molar-refractivity contribution in [2.75, 3.05) is 19.6 Å². The van der Waals surface area contributed by atoms with Gasteiger partial charge in [-0.2, -0.15) is 0 Å². The van der Waals surface area contributed by atoms with Gasteiger partial charge >= 0.3 is 0 Å². The third-order valence-electron chi connectivity index (χ3n) is 3.58. The van der Waals surface area contributed by atoms with E-state index in [1.165, 1.54) is 19.4 Å². The van der Waals surface area contributed by atoms with Gasteiger partial charge in [-0.05, 0) is 37.6 Å². The molecule has 5 nitrogen and oxygen atoms in total. The zero-order valence-electron chi connectivity index (χ0n) is 12.0. The van der Waals surface area contributed by atoms with Crippen molar-refractivity contribution in [3.8, 4) is 0 Å². The number of nitrogens with two attached hydrogens (primary N) is 1. The first-order chi connectivity index (χ1) is 9.29. The average Bonchev–Trinajstić information content (AvgIpc) is 2.91. The Labute approximate surface area is 138 Å². The average molecular weight is 389 g/mol. The summed E-state index contributed by atoms with van der Waals surface area (Å²) in [5.74, 6) is 0.520. The molecule has 1 atom stereocenters. The van der Waals surface area contributed by atoms with Crippen LogP contribution < -0.4 is 11.1 Å². The number of nitrogens with zero attached hydrogens (tertiary/aromatic N) is 3. The van der Waals surface area contributed by atoms with Crippen LogP contribution >= 0.6 is 24.0 Å². The smallest absolute Gasteiger partial charge is 0.188 e. The molecule has 1 aliphatic heterocycles. The molecule has 3 N–H and O–H groups in total. The normalized spacial score (nSPS) is 19.6. The van der Waals surface area contributed by atoms with Crippen molar-refractivity contribution in [2.45, 2.75) is 32.4 Å². The second-order valence-corrected chi connectivity index (χ2v) is 4.87. The van der Waals surface area contributed by atoms with Crippen molar-refractivity contribution in [3.63, 3.8) is 0 Å². The highest BCUT2D eigenvalue weighted by Gasteiger charge is 2.22. The predicted molar refractivity (Wildman–Crippen MR) is 93.3 cm³/mol. The van der Waals surface area contributed by atoms with E-state index >= 15 is 0 Å². The number of aromatic nitrogens is 1. The molecular formula is C14H24IN5. The fourth-order valence-electron chi connectivity index (χ4n) is 2.49. The standard InChI is InChI=1S/C14H23N5.HI/c1-2-19-8-4-6-13(19)11-18-14(15)17-10-12-5-3-7-16-9-12;/h3,5,7,9,13H,2,4,6,8,10-11H2,1H3,(H3,15,17,18);1H. The fourth-order valence-corrected chi connectivity index (χ4v) is 2.49. The summed E-state index contributed by atoms with van der Waals surface area (Å²) in [4.78, 5) is 10.9. The predicted octanol–water partition coefficient (Wildman–Crippen LogP) is 1.59. The lowest BCUT2D eigenvalue weighted by Gasteiger charge is -2.23. The van der Waals surface area contributed by atoms with Crippen molar-refractivity contribution < 1.29 is 0 Å². The summed E-state index contributed by atoms with van der Waals surface area (Å²) in [5.41, 5.74) is 6.96. The summed E-state index contributed by atoms with van der Waals surface area (Å²) in [5, 5.41) is 3.22. The highest BCUT2D eigenvalue weighted by molar-refractivity contribution is 14.0. The molecule has 0 saturated carbocycles. The molecule has 0 radical (unpaired) electrons. The van der Waals surface area contributed by atoms with E-state index in [2.05, 4.69) is 27.1 Å². The summed E-state index contributed by atoms with van der Waals surface area (Å²) in [6.07, 6.45) is 6.10. The Balaban J connectivity index is 0.00000200. The maximum Gasteiger partial charge on any atom is 0.188 e. The lowest BCUT2D eigenvalue weighted by atomic mass is 10.2. The van der Waals surface area contributed by atoms with Crippen molar-refractivity contribution in [2.24, 2.45) is 10.7 Å². The Bertz CT molecular complexity index is 409. The molecule has 1 aromatic heterocycles. The first-order valence-corrected chi connectivity index (χ1v) is 6.96. The number of guanidine groups is 1. The quantitative estimate of drug-likeness (QED) is 0.456. The van der Waals surface area contributed by atoms with Gasteiger partial charge in [0.05, 0.1) is 6.54 Å². The maximum atomic E-state index is 5.89. The van der Waals surface area contributed by atoms with Crippen LogP contribution in [-0.2, 0) is 6.54 Å². The Morgan fingerprint density at radius 1 is 1.60 bits per heavy atom. The van der Waals surface area contributed by atoms with Crippen molar-refractivity contribution >= 4 is 29.9 Å². The molecule has 1 fully saturated rings. The minimum atomic E-state index is 0. The van der Waals surface area contributed by atoms with Crippen LogP contribution in [0.5, 0.6) is 0 Å². The molecule has 20 heavy (non-hydrogen) atoms. The van der Waals surface area contributed by atoms with Gasteiger partial charge in [0.2, 0.25) is 0 Å². The molecule has 0 amide bonds. The molecule has 0 spiro atoms. The highest BCUT2D eigenvalue weighted by Crippen LogP contribution is 2.15. The lowest BCUT2D eigenvalue weighted by Crippen LogP contribution is -2.42. The first-order valence-electron chi connectivity index (χ1n) is 6.96. The van der Waals surface area contributed by atoms with E-state index in [0.29, 0.717) is 18.5 Å². The molecule has 0 aromatic carbocycles. The van der Waals surface area contributed by atoms with Crippen LogP contribution in [0, 0.1) is 0 Å². The molecule has 0 aliphatic carbocycles. The summed E-state index contributed by atoms with van der Waals surface area (Å²) in [6.45, 7) is 5.98. The molecule has 1 aromatic rings. The second kappa shape index (κ2) is 9.12. The zero-order chi connectivity index (χ0) is 13.5. The Morgan fingerprint density at radius 2 is 2.45 bits per heavy atom. The van der Waals surface area contributed by atoms with Gasteiger partial charge in [0.15, 0.2) is 5.96 Å². The molecular weight excluding hydrogens is 365 g/mol. The minimum Gasteiger partial charge on any atom is -0.370 e. The van der Waals surface area contributed by atoms with Gasteiger partial charge in [0.25, 0.3) is 0 Å². The monoisotopic (exact) mass is 389 g/mol. The molecule has 2 rings (SSSR count). The van der Waals surface area contributed by atoms with E-state index in [4.69, 9.17) is 5.73 Å². The number of halogens is 1. The third-order valence-corrected chi connectivity index (χ3v) is 3.58. The van der Waals surface area contributed by atoms with Gasteiger partial charge < -0.3 is 11.1 Å². The topological polar surface area (TPSA) is 66.5 Å². The number of pyridine rings is 1.